The highest BCUT2D eigenvalue weighted by molar-refractivity contribution is 5.97. The smallest absolute Gasteiger partial charge is 0.163 e. The van der Waals surface area contributed by atoms with Crippen LogP contribution in [0, 0.1) is 23.6 Å². The first-order valence-electron chi connectivity index (χ1n) is 15.4. The molecule has 0 radical (unpaired) electrons. The van der Waals surface area contributed by atoms with Gasteiger partial charge in [0.25, 0.3) is 0 Å². The SMILES string of the molecule is CN1C=CCC(C(=O)C(CCc2ccc(F)c(-c3cccc(CCC4C5=C4CCCC5)c3)c2)C2CCOCC2)=C1. The number of carbonyl (C=O) groups is 1. The van der Waals surface area contributed by atoms with Gasteiger partial charge in [-0.25, -0.2) is 4.39 Å². The molecule has 1 unspecified atom stereocenters. The van der Waals surface area contributed by atoms with Gasteiger partial charge in [0.2, 0.25) is 0 Å². The molecule has 4 heteroatoms. The fourth-order valence-electron chi connectivity index (χ4n) is 7.29. The van der Waals surface area contributed by atoms with Gasteiger partial charge in [0, 0.05) is 49.4 Å². The lowest BCUT2D eigenvalue weighted by atomic mass is 9.77. The third kappa shape index (κ3) is 6.17. The van der Waals surface area contributed by atoms with E-state index in [0.717, 1.165) is 67.9 Å². The minimum absolute atomic E-state index is 0.0336. The molecule has 0 aromatic heterocycles. The molecule has 2 aliphatic carbocycles. The monoisotopic (exact) mass is 539 g/mol. The predicted molar refractivity (Wildman–Crippen MR) is 159 cm³/mol. The van der Waals surface area contributed by atoms with Crippen LogP contribution in [-0.2, 0) is 22.4 Å². The summed E-state index contributed by atoms with van der Waals surface area (Å²) in [4.78, 5) is 15.7. The van der Waals surface area contributed by atoms with Gasteiger partial charge < -0.3 is 9.64 Å². The Balaban J connectivity index is 1.14. The Labute approximate surface area is 238 Å². The molecule has 0 amide bonds. The highest BCUT2D eigenvalue weighted by Gasteiger charge is 2.36. The van der Waals surface area contributed by atoms with Crippen molar-refractivity contribution in [2.75, 3.05) is 20.3 Å². The van der Waals surface area contributed by atoms with Crippen molar-refractivity contribution in [3.63, 3.8) is 0 Å². The van der Waals surface area contributed by atoms with Crippen molar-refractivity contribution >= 4 is 5.78 Å². The first kappa shape index (κ1) is 27.2. The van der Waals surface area contributed by atoms with E-state index in [2.05, 4.69) is 24.3 Å². The minimum Gasteiger partial charge on any atom is -0.381 e. The number of rotatable bonds is 10. The molecule has 0 saturated carbocycles. The average molecular weight is 540 g/mol. The third-order valence-corrected chi connectivity index (χ3v) is 9.57. The van der Waals surface area contributed by atoms with Crippen molar-refractivity contribution in [1.82, 2.24) is 4.90 Å². The van der Waals surface area contributed by atoms with Crippen molar-refractivity contribution < 1.29 is 13.9 Å². The number of Topliss-reactive ketones (excluding diaryl/α,β-unsaturated/α-hetero) is 1. The average Bonchev–Trinajstić information content (AvgIpc) is 3.70. The Kier molecular flexibility index (Phi) is 8.34. The lowest BCUT2D eigenvalue weighted by Crippen LogP contribution is -2.31. The summed E-state index contributed by atoms with van der Waals surface area (Å²) < 4.78 is 20.7. The number of hydrogen-bond acceptors (Lipinski definition) is 3. The van der Waals surface area contributed by atoms with Crippen LogP contribution in [-0.4, -0.2) is 30.9 Å². The van der Waals surface area contributed by atoms with Gasteiger partial charge in [0.1, 0.15) is 5.82 Å². The summed E-state index contributed by atoms with van der Waals surface area (Å²) in [5.74, 6) is 1.14. The second kappa shape index (κ2) is 12.3. The highest BCUT2D eigenvalue weighted by Crippen LogP contribution is 2.51. The molecule has 3 nitrogen and oxygen atoms in total. The summed E-state index contributed by atoms with van der Waals surface area (Å²) in [5.41, 5.74) is 8.36. The number of ether oxygens (including phenoxy) is 1. The van der Waals surface area contributed by atoms with Crippen LogP contribution in [0.15, 0.2) is 77.7 Å². The topological polar surface area (TPSA) is 29.5 Å². The van der Waals surface area contributed by atoms with Crippen molar-refractivity contribution in [2.24, 2.45) is 17.8 Å². The highest BCUT2D eigenvalue weighted by atomic mass is 19.1. The second-order valence-corrected chi connectivity index (χ2v) is 12.2. The van der Waals surface area contributed by atoms with Gasteiger partial charge in [-0.15, -0.1) is 0 Å². The molecule has 2 aromatic carbocycles. The van der Waals surface area contributed by atoms with Crippen molar-refractivity contribution in [3.8, 4) is 11.1 Å². The zero-order valence-electron chi connectivity index (χ0n) is 23.8. The molecule has 6 rings (SSSR count). The molecule has 2 heterocycles. The van der Waals surface area contributed by atoms with Crippen LogP contribution in [0.4, 0.5) is 4.39 Å². The molecule has 1 atom stereocenters. The molecule has 4 aliphatic rings. The van der Waals surface area contributed by atoms with Crippen LogP contribution in [0.3, 0.4) is 0 Å². The maximum Gasteiger partial charge on any atom is 0.163 e. The van der Waals surface area contributed by atoms with E-state index in [1.54, 1.807) is 17.2 Å². The number of benzene rings is 2. The first-order valence-corrected chi connectivity index (χ1v) is 15.4. The maximum atomic E-state index is 15.1. The first-order chi connectivity index (χ1) is 19.6. The van der Waals surface area contributed by atoms with Gasteiger partial charge in [0.05, 0.1) is 0 Å². The van der Waals surface area contributed by atoms with Crippen LogP contribution < -0.4 is 0 Å². The zero-order chi connectivity index (χ0) is 27.5. The van der Waals surface area contributed by atoms with E-state index < -0.39 is 0 Å². The van der Waals surface area contributed by atoms with E-state index >= 15 is 4.39 Å². The van der Waals surface area contributed by atoms with E-state index in [1.165, 1.54) is 37.7 Å². The largest absolute Gasteiger partial charge is 0.381 e. The maximum absolute atomic E-state index is 15.1. The van der Waals surface area contributed by atoms with Crippen molar-refractivity contribution in [1.29, 1.82) is 0 Å². The summed E-state index contributed by atoms with van der Waals surface area (Å²) in [6.07, 6.45) is 17.7. The van der Waals surface area contributed by atoms with Crippen LogP contribution in [0.1, 0.15) is 68.9 Å². The lowest BCUT2D eigenvalue weighted by Gasteiger charge is -2.31. The number of halogens is 1. The molecule has 0 spiro atoms. The number of carbonyl (C=O) groups excluding carboxylic acids is 1. The number of nitrogens with zero attached hydrogens (tertiary/aromatic N) is 1. The minimum atomic E-state index is -0.181. The zero-order valence-corrected chi connectivity index (χ0v) is 23.8. The second-order valence-electron chi connectivity index (χ2n) is 12.2. The molecular formula is C36H42FNO2. The van der Waals surface area contributed by atoms with Crippen LogP contribution in [0.25, 0.3) is 11.1 Å². The lowest BCUT2D eigenvalue weighted by molar-refractivity contribution is -0.122. The quantitative estimate of drug-likeness (QED) is 0.285. The molecule has 210 valence electrons. The molecule has 0 bridgehead atoms. The molecule has 2 aliphatic heterocycles. The molecule has 1 saturated heterocycles. The van der Waals surface area contributed by atoms with E-state index in [0.29, 0.717) is 17.9 Å². The van der Waals surface area contributed by atoms with Crippen LogP contribution >= 0.6 is 0 Å². The van der Waals surface area contributed by atoms with Gasteiger partial charge in [-0.1, -0.05) is 47.6 Å². The number of allylic oxidation sites excluding steroid dienone is 4. The summed E-state index contributed by atoms with van der Waals surface area (Å²) in [6, 6.07) is 14.0. The molecule has 2 aromatic rings. The number of ketones is 1. The van der Waals surface area contributed by atoms with Gasteiger partial charge in [-0.05, 0) is 112 Å². The predicted octanol–water partition coefficient (Wildman–Crippen LogP) is 8.20. The van der Waals surface area contributed by atoms with E-state index in [9.17, 15) is 4.79 Å². The summed E-state index contributed by atoms with van der Waals surface area (Å²) in [5, 5.41) is 0. The fourth-order valence-corrected chi connectivity index (χ4v) is 7.29. The van der Waals surface area contributed by atoms with Gasteiger partial charge in [-0.2, -0.15) is 0 Å². The Morgan fingerprint density at radius 1 is 1.02 bits per heavy atom. The summed E-state index contributed by atoms with van der Waals surface area (Å²) >= 11 is 0. The van der Waals surface area contributed by atoms with Crippen LogP contribution in [0.5, 0.6) is 0 Å². The van der Waals surface area contributed by atoms with Crippen LogP contribution in [0.2, 0.25) is 0 Å². The normalized spacial score (nSPS) is 20.4. The Morgan fingerprint density at radius 2 is 1.80 bits per heavy atom. The molecule has 40 heavy (non-hydrogen) atoms. The Morgan fingerprint density at radius 3 is 2.58 bits per heavy atom. The number of hydrogen-bond donors (Lipinski definition) is 0. The Hall–Kier alpha value is -2.98. The molecular weight excluding hydrogens is 497 g/mol. The standard InChI is InChI=1S/C36H42FNO2/c1-38-19-5-8-29(24-38)36(39)30(27-17-20-40-21-18-27)14-11-26-13-16-35(37)34(23-26)28-7-4-6-25(22-28)12-15-33-31-9-2-3-10-32(31)33/h4-7,13,16,19,22-24,27,30,33H,2-3,8-12,14-15,17-18,20-21H2,1H3. The van der Waals surface area contributed by atoms with Gasteiger partial charge in [-0.3, -0.25) is 4.79 Å². The third-order valence-electron chi connectivity index (χ3n) is 9.57. The van der Waals surface area contributed by atoms with Crippen molar-refractivity contribution in [3.05, 3.63) is 94.6 Å². The Bertz CT molecular complexity index is 1320. The summed E-state index contributed by atoms with van der Waals surface area (Å²) in [7, 11) is 1.97. The fraction of sp³-hybridized carbons (Fsp3) is 0.472. The molecule has 1 fully saturated rings. The number of aryl methyl sites for hydroxylation is 2. The van der Waals surface area contributed by atoms with E-state index in [-0.39, 0.29) is 17.5 Å². The van der Waals surface area contributed by atoms with E-state index in [1.807, 2.05) is 42.5 Å². The van der Waals surface area contributed by atoms with Gasteiger partial charge >= 0.3 is 0 Å². The van der Waals surface area contributed by atoms with Crippen molar-refractivity contribution in [2.45, 2.75) is 70.6 Å². The van der Waals surface area contributed by atoms with Gasteiger partial charge in [0.15, 0.2) is 5.78 Å². The summed E-state index contributed by atoms with van der Waals surface area (Å²) in [6.45, 7) is 1.45. The molecule has 0 N–H and O–H groups in total. The van der Waals surface area contributed by atoms with E-state index in [4.69, 9.17) is 4.74 Å².